The second-order valence-electron chi connectivity index (χ2n) is 9.57. The lowest BCUT2D eigenvalue weighted by Gasteiger charge is -2.23. The van der Waals surface area contributed by atoms with Crippen LogP contribution in [0.2, 0.25) is 0 Å². The molecule has 0 aliphatic heterocycles. The van der Waals surface area contributed by atoms with Crippen LogP contribution in [0.5, 0.6) is 5.75 Å². The fourth-order valence-corrected chi connectivity index (χ4v) is 3.90. The average molecular weight is 424 g/mol. The number of nitrogens with one attached hydrogen (secondary N) is 2. The van der Waals surface area contributed by atoms with Crippen LogP contribution in [0.15, 0.2) is 48.5 Å². The van der Waals surface area contributed by atoms with Crippen LogP contribution >= 0.6 is 0 Å². The Morgan fingerprint density at radius 1 is 1.00 bits per heavy atom. The van der Waals surface area contributed by atoms with Gasteiger partial charge in [-0.3, -0.25) is 4.79 Å². The van der Waals surface area contributed by atoms with Gasteiger partial charge in [0.25, 0.3) is 0 Å². The van der Waals surface area contributed by atoms with Crippen molar-refractivity contribution in [1.82, 2.24) is 5.32 Å². The predicted octanol–water partition coefficient (Wildman–Crippen LogP) is 4.79. The van der Waals surface area contributed by atoms with E-state index in [1.54, 1.807) is 0 Å². The van der Waals surface area contributed by atoms with E-state index in [-0.39, 0.29) is 11.5 Å². The SMILES string of the molecule is CC(C)(C)Oc1ccc(CC(N)C(=O)Nc2ccc(CNC3CCCCC3)cc2)cc1. The second-order valence-corrected chi connectivity index (χ2v) is 9.57. The topological polar surface area (TPSA) is 76.4 Å². The number of benzene rings is 2. The summed E-state index contributed by atoms with van der Waals surface area (Å²) >= 11 is 0. The molecule has 0 bridgehead atoms. The fraction of sp³-hybridized carbons (Fsp3) is 0.500. The van der Waals surface area contributed by atoms with E-state index in [9.17, 15) is 4.79 Å². The van der Waals surface area contributed by atoms with Crippen molar-refractivity contribution in [2.45, 2.75) is 83.5 Å². The summed E-state index contributed by atoms with van der Waals surface area (Å²) in [4.78, 5) is 12.5. The molecular formula is C26H37N3O2. The minimum atomic E-state index is -0.609. The standard InChI is InChI=1S/C26H37N3O2/c1-26(2,3)31-23-15-11-19(12-16-23)17-24(27)25(30)29-22-13-9-20(10-14-22)18-28-21-7-5-4-6-8-21/h9-16,21,24,28H,4-8,17-18,27H2,1-3H3,(H,29,30). The highest BCUT2D eigenvalue weighted by Gasteiger charge is 2.16. The van der Waals surface area contributed by atoms with Gasteiger partial charge in [-0.15, -0.1) is 0 Å². The highest BCUT2D eigenvalue weighted by Crippen LogP contribution is 2.20. The Labute approximate surface area is 186 Å². The third kappa shape index (κ3) is 8.00. The van der Waals surface area contributed by atoms with Gasteiger partial charge in [-0.1, -0.05) is 43.5 Å². The molecule has 1 aliphatic rings. The van der Waals surface area contributed by atoms with E-state index in [0.717, 1.165) is 23.5 Å². The highest BCUT2D eigenvalue weighted by atomic mass is 16.5. The number of carbonyl (C=O) groups excluding carboxylic acids is 1. The molecule has 3 rings (SSSR count). The van der Waals surface area contributed by atoms with Crippen molar-refractivity contribution >= 4 is 11.6 Å². The molecule has 4 N–H and O–H groups in total. The van der Waals surface area contributed by atoms with E-state index in [1.165, 1.54) is 37.7 Å². The van der Waals surface area contributed by atoms with Crippen molar-refractivity contribution in [2.24, 2.45) is 5.73 Å². The molecule has 0 aromatic heterocycles. The van der Waals surface area contributed by atoms with Gasteiger partial charge >= 0.3 is 0 Å². The molecule has 1 unspecified atom stereocenters. The predicted molar refractivity (Wildman–Crippen MR) is 127 cm³/mol. The number of carbonyl (C=O) groups is 1. The Morgan fingerprint density at radius 2 is 1.61 bits per heavy atom. The van der Waals surface area contributed by atoms with Gasteiger partial charge in [0.15, 0.2) is 0 Å². The summed E-state index contributed by atoms with van der Waals surface area (Å²) in [5, 5.41) is 6.57. The van der Waals surface area contributed by atoms with Gasteiger partial charge < -0.3 is 21.1 Å². The Bertz CT molecular complexity index is 819. The van der Waals surface area contributed by atoms with Crippen LogP contribution in [0.3, 0.4) is 0 Å². The van der Waals surface area contributed by atoms with Crippen LogP contribution in [0.25, 0.3) is 0 Å². The normalized spacial score (nSPS) is 16.0. The number of amides is 1. The quantitative estimate of drug-likeness (QED) is 0.570. The van der Waals surface area contributed by atoms with Crippen molar-refractivity contribution in [3.05, 3.63) is 59.7 Å². The maximum Gasteiger partial charge on any atom is 0.241 e. The van der Waals surface area contributed by atoms with Gasteiger partial charge in [0.05, 0.1) is 6.04 Å². The molecule has 5 heteroatoms. The maximum atomic E-state index is 12.5. The van der Waals surface area contributed by atoms with E-state index in [4.69, 9.17) is 10.5 Å². The first-order valence-electron chi connectivity index (χ1n) is 11.5. The smallest absolute Gasteiger partial charge is 0.241 e. The Hall–Kier alpha value is -2.37. The molecule has 1 amide bonds. The monoisotopic (exact) mass is 423 g/mol. The van der Waals surface area contributed by atoms with Crippen molar-refractivity contribution < 1.29 is 9.53 Å². The Kier molecular flexibility index (Phi) is 8.10. The first kappa shape index (κ1) is 23.3. The van der Waals surface area contributed by atoms with Crippen molar-refractivity contribution in [1.29, 1.82) is 0 Å². The highest BCUT2D eigenvalue weighted by molar-refractivity contribution is 5.94. The molecular weight excluding hydrogens is 386 g/mol. The maximum absolute atomic E-state index is 12.5. The summed E-state index contributed by atoms with van der Waals surface area (Å²) in [6, 6.07) is 15.8. The number of hydrogen-bond donors (Lipinski definition) is 3. The number of nitrogens with two attached hydrogens (primary N) is 1. The number of rotatable bonds is 8. The molecule has 5 nitrogen and oxygen atoms in total. The lowest BCUT2D eigenvalue weighted by molar-refractivity contribution is -0.117. The molecule has 2 aromatic rings. The summed E-state index contributed by atoms with van der Waals surface area (Å²) in [6.07, 6.45) is 7.06. The van der Waals surface area contributed by atoms with Gasteiger partial charge in [0, 0.05) is 18.3 Å². The number of hydrogen-bond acceptors (Lipinski definition) is 4. The van der Waals surface area contributed by atoms with Crippen LogP contribution in [0.4, 0.5) is 5.69 Å². The largest absolute Gasteiger partial charge is 0.488 e. The zero-order valence-electron chi connectivity index (χ0n) is 19.1. The summed E-state index contributed by atoms with van der Waals surface area (Å²) in [7, 11) is 0. The van der Waals surface area contributed by atoms with Gasteiger partial charge in [0.2, 0.25) is 5.91 Å². The molecule has 31 heavy (non-hydrogen) atoms. The van der Waals surface area contributed by atoms with Gasteiger partial charge in [-0.05, 0) is 75.4 Å². The lowest BCUT2D eigenvalue weighted by Crippen LogP contribution is -2.37. The molecule has 0 spiro atoms. The molecule has 1 fully saturated rings. The van der Waals surface area contributed by atoms with E-state index in [2.05, 4.69) is 22.8 Å². The zero-order chi connectivity index (χ0) is 22.3. The number of ether oxygens (including phenoxy) is 1. The summed E-state index contributed by atoms with van der Waals surface area (Å²) in [5.41, 5.74) is 8.92. The van der Waals surface area contributed by atoms with Crippen molar-refractivity contribution in [3.63, 3.8) is 0 Å². The summed E-state index contributed by atoms with van der Waals surface area (Å²) in [5.74, 6) is 0.635. The number of anilines is 1. The van der Waals surface area contributed by atoms with Gasteiger partial charge in [-0.2, -0.15) is 0 Å². The third-order valence-electron chi connectivity index (χ3n) is 5.56. The fourth-order valence-electron chi connectivity index (χ4n) is 3.90. The minimum Gasteiger partial charge on any atom is -0.488 e. The summed E-state index contributed by atoms with van der Waals surface area (Å²) in [6.45, 7) is 6.91. The van der Waals surface area contributed by atoms with Crippen LogP contribution in [-0.4, -0.2) is 23.6 Å². The first-order valence-corrected chi connectivity index (χ1v) is 11.5. The van der Waals surface area contributed by atoms with Gasteiger partial charge in [0.1, 0.15) is 11.4 Å². The molecule has 0 heterocycles. The molecule has 2 aromatic carbocycles. The zero-order valence-corrected chi connectivity index (χ0v) is 19.1. The van der Waals surface area contributed by atoms with Crippen LogP contribution in [0, 0.1) is 0 Å². The van der Waals surface area contributed by atoms with E-state index in [1.807, 2.05) is 57.2 Å². The molecule has 1 atom stereocenters. The lowest BCUT2D eigenvalue weighted by atomic mass is 9.95. The third-order valence-corrected chi connectivity index (χ3v) is 5.56. The van der Waals surface area contributed by atoms with Crippen molar-refractivity contribution in [2.75, 3.05) is 5.32 Å². The molecule has 1 saturated carbocycles. The Balaban J connectivity index is 1.45. The first-order chi connectivity index (χ1) is 14.8. The van der Waals surface area contributed by atoms with E-state index < -0.39 is 6.04 Å². The Morgan fingerprint density at radius 3 is 2.23 bits per heavy atom. The van der Waals surface area contributed by atoms with Crippen LogP contribution in [0.1, 0.15) is 64.0 Å². The van der Waals surface area contributed by atoms with Gasteiger partial charge in [-0.25, -0.2) is 0 Å². The van der Waals surface area contributed by atoms with E-state index >= 15 is 0 Å². The summed E-state index contributed by atoms with van der Waals surface area (Å²) < 4.78 is 5.83. The average Bonchev–Trinajstić information content (AvgIpc) is 2.74. The van der Waals surface area contributed by atoms with Crippen LogP contribution < -0.4 is 21.1 Å². The molecule has 168 valence electrons. The molecule has 1 aliphatic carbocycles. The minimum absolute atomic E-state index is 0.178. The van der Waals surface area contributed by atoms with Crippen LogP contribution in [-0.2, 0) is 17.8 Å². The molecule has 0 radical (unpaired) electrons. The van der Waals surface area contributed by atoms with Crippen molar-refractivity contribution in [3.8, 4) is 5.75 Å². The van der Waals surface area contributed by atoms with E-state index in [0.29, 0.717) is 12.5 Å². The molecule has 0 saturated heterocycles. The second kappa shape index (κ2) is 10.8.